The third-order valence-corrected chi connectivity index (χ3v) is 7.42. The topological polar surface area (TPSA) is 128 Å². The molecule has 30 heavy (non-hydrogen) atoms. The molecule has 3 aliphatic rings. The van der Waals surface area contributed by atoms with Crippen molar-refractivity contribution >= 4 is 34.4 Å². The molecule has 2 heterocycles. The van der Waals surface area contributed by atoms with E-state index in [9.17, 15) is 24.2 Å². The summed E-state index contributed by atoms with van der Waals surface area (Å²) in [6.07, 6.45) is -0.872. The molecule has 5 N–H and O–H groups in total. The normalized spacial score (nSPS) is 31.8. The second-order valence-corrected chi connectivity index (χ2v) is 9.21. The number of piperidine rings is 1. The summed E-state index contributed by atoms with van der Waals surface area (Å²) in [5, 5.41) is 24.1. The molecule has 2 fully saturated rings. The molecule has 8 nitrogen and oxygen atoms in total. The predicted octanol–water partition coefficient (Wildman–Crippen LogP) is 0.543. The SMILES string of the molecule is NC(=O)C1CCN(C(=O)C2CC(O)C(O)C3N=C(Nc4ccc(F)cc4)SC23)CC1. The number of likely N-dealkylation sites (tertiary alicyclic amines) is 1. The molecule has 10 heteroatoms. The highest BCUT2D eigenvalue weighted by Crippen LogP contribution is 2.42. The lowest BCUT2D eigenvalue weighted by molar-refractivity contribution is -0.142. The Hall–Kier alpha value is -2.17. The number of hydrogen-bond acceptors (Lipinski definition) is 7. The molecular weight excluding hydrogens is 411 g/mol. The fourth-order valence-electron chi connectivity index (χ4n) is 4.37. The Morgan fingerprint density at radius 2 is 1.87 bits per heavy atom. The number of aliphatic hydroxyl groups is 2. The zero-order chi connectivity index (χ0) is 21.4. The van der Waals surface area contributed by atoms with E-state index in [1.165, 1.54) is 23.9 Å². The number of hydrogen-bond donors (Lipinski definition) is 4. The minimum Gasteiger partial charge on any atom is -0.390 e. The number of nitrogens with one attached hydrogen (secondary N) is 1. The molecule has 162 valence electrons. The van der Waals surface area contributed by atoms with Gasteiger partial charge in [0.25, 0.3) is 0 Å². The number of rotatable bonds is 3. The molecule has 5 atom stereocenters. The zero-order valence-electron chi connectivity index (χ0n) is 16.3. The number of fused-ring (bicyclic) bond motifs is 1. The number of aliphatic imine (C=N–C) groups is 1. The molecule has 2 aliphatic heterocycles. The van der Waals surface area contributed by atoms with Crippen LogP contribution >= 0.6 is 11.8 Å². The Morgan fingerprint density at radius 1 is 1.20 bits per heavy atom. The highest BCUT2D eigenvalue weighted by molar-refractivity contribution is 8.15. The van der Waals surface area contributed by atoms with E-state index in [1.54, 1.807) is 17.0 Å². The van der Waals surface area contributed by atoms with Crippen LogP contribution in [0.5, 0.6) is 0 Å². The van der Waals surface area contributed by atoms with E-state index in [4.69, 9.17) is 5.73 Å². The van der Waals surface area contributed by atoms with Gasteiger partial charge in [-0.15, -0.1) is 0 Å². The number of anilines is 1. The quantitative estimate of drug-likeness (QED) is 0.548. The molecule has 1 aromatic rings. The molecule has 4 rings (SSSR count). The van der Waals surface area contributed by atoms with Gasteiger partial charge in [-0.2, -0.15) is 0 Å². The number of carbonyl (C=O) groups excluding carboxylic acids is 2. The average molecular weight is 437 g/mol. The summed E-state index contributed by atoms with van der Waals surface area (Å²) >= 11 is 1.36. The van der Waals surface area contributed by atoms with Crippen LogP contribution in [-0.4, -0.2) is 68.7 Å². The lowest BCUT2D eigenvalue weighted by Gasteiger charge is -2.40. The smallest absolute Gasteiger partial charge is 0.227 e. The first-order chi connectivity index (χ1) is 14.3. The zero-order valence-corrected chi connectivity index (χ0v) is 17.1. The van der Waals surface area contributed by atoms with Gasteiger partial charge in [-0.05, 0) is 43.5 Å². The number of benzene rings is 1. The van der Waals surface area contributed by atoms with Gasteiger partial charge in [0.05, 0.1) is 18.1 Å². The van der Waals surface area contributed by atoms with Gasteiger partial charge in [0.1, 0.15) is 11.9 Å². The Labute approximate surface area is 177 Å². The van der Waals surface area contributed by atoms with Crippen LogP contribution in [0, 0.1) is 17.7 Å². The summed E-state index contributed by atoms with van der Waals surface area (Å²) < 4.78 is 13.1. The van der Waals surface area contributed by atoms with Gasteiger partial charge >= 0.3 is 0 Å². The van der Waals surface area contributed by atoms with Crippen LogP contribution in [0.4, 0.5) is 10.1 Å². The summed E-state index contributed by atoms with van der Waals surface area (Å²) in [7, 11) is 0. The average Bonchev–Trinajstić information content (AvgIpc) is 3.16. The van der Waals surface area contributed by atoms with Crippen molar-refractivity contribution in [2.24, 2.45) is 22.6 Å². The summed E-state index contributed by atoms with van der Waals surface area (Å²) in [5.74, 6) is -1.49. The van der Waals surface area contributed by atoms with Gasteiger partial charge in [0, 0.05) is 29.9 Å². The van der Waals surface area contributed by atoms with Crippen LogP contribution < -0.4 is 11.1 Å². The molecule has 1 aliphatic carbocycles. The summed E-state index contributed by atoms with van der Waals surface area (Å²) in [5.41, 5.74) is 6.02. The minimum absolute atomic E-state index is 0.0930. The Balaban J connectivity index is 1.46. The van der Waals surface area contributed by atoms with Gasteiger partial charge in [-0.25, -0.2) is 4.39 Å². The highest BCUT2D eigenvalue weighted by Gasteiger charge is 2.51. The monoisotopic (exact) mass is 436 g/mol. The van der Waals surface area contributed by atoms with Gasteiger partial charge in [0.15, 0.2) is 5.17 Å². The van der Waals surface area contributed by atoms with E-state index in [0.29, 0.717) is 36.8 Å². The second kappa shape index (κ2) is 8.52. The lowest BCUT2D eigenvalue weighted by Crippen LogP contribution is -2.55. The number of amidine groups is 1. The van der Waals surface area contributed by atoms with Crippen molar-refractivity contribution in [2.75, 3.05) is 18.4 Å². The van der Waals surface area contributed by atoms with E-state index in [0.717, 1.165) is 0 Å². The first kappa shape index (κ1) is 21.1. The summed E-state index contributed by atoms with van der Waals surface area (Å²) in [6, 6.07) is 5.21. The van der Waals surface area contributed by atoms with E-state index in [-0.39, 0.29) is 35.2 Å². The van der Waals surface area contributed by atoms with Crippen molar-refractivity contribution in [1.29, 1.82) is 0 Å². The van der Waals surface area contributed by atoms with Crippen LogP contribution in [0.1, 0.15) is 19.3 Å². The van der Waals surface area contributed by atoms with E-state index in [2.05, 4.69) is 10.3 Å². The van der Waals surface area contributed by atoms with Gasteiger partial charge in [-0.1, -0.05) is 11.8 Å². The van der Waals surface area contributed by atoms with Gasteiger partial charge in [-0.3, -0.25) is 14.6 Å². The summed E-state index contributed by atoms with van der Waals surface area (Å²) in [4.78, 5) is 30.8. The van der Waals surface area contributed by atoms with Gasteiger partial charge < -0.3 is 26.2 Å². The van der Waals surface area contributed by atoms with Crippen LogP contribution in [-0.2, 0) is 9.59 Å². The Morgan fingerprint density at radius 3 is 2.50 bits per heavy atom. The van der Waals surface area contributed by atoms with E-state index < -0.39 is 24.2 Å². The van der Waals surface area contributed by atoms with E-state index >= 15 is 0 Å². The number of thioether (sulfide) groups is 1. The first-order valence-electron chi connectivity index (χ1n) is 10.0. The lowest BCUT2D eigenvalue weighted by atomic mass is 9.80. The fraction of sp³-hybridized carbons (Fsp3) is 0.550. The number of nitrogens with zero attached hydrogens (tertiary/aromatic N) is 2. The van der Waals surface area contributed by atoms with Crippen LogP contribution in [0.15, 0.2) is 29.3 Å². The molecule has 5 unspecified atom stereocenters. The molecule has 1 saturated heterocycles. The minimum atomic E-state index is -1.06. The Bertz CT molecular complexity index is 844. The number of nitrogens with two attached hydrogens (primary N) is 1. The van der Waals surface area contributed by atoms with Crippen molar-refractivity contribution in [1.82, 2.24) is 4.90 Å². The maximum Gasteiger partial charge on any atom is 0.227 e. The number of primary amides is 1. The summed E-state index contributed by atoms with van der Waals surface area (Å²) in [6.45, 7) is 0.899. The van der Waals surface area contributed by atoms with Crippen molar-refractivity contribution in [2.45, 2.75) is 42.8 Å². The molecule has 0 bridgehead atoms. The molecular formula is C20H25FN4O4S. The van der Waals surface area contributed by atoms with Crippen LogP contribution in [0.25, 0.3) is 0 Å². The molecule has 0 radical (unpaired) electrons. The third-order valence-electron chi connectivity index (χ3n) is 6.11. The fourth-order valence-corrected chi connectivity index (χ4v) is 5.74. The standard InChI is InChI=1S/C20H25FN4O4S/c21-11-1-3-12(4-2-11)23-20-24-15-16(27)14(26)9-13(17(15)30-20)19(29)25-7-5-10(6-8-25)18(22)28/h1-4,10,13-17,26-27H,5-9H2,(H2,22,28)(H,23,24). The number of aliphatic hydroxyl groups excluding tert-OH is 2. The van der Waals surface area contributed by atoms with Crippen molar-refractivity contribution < 1.29 is 24.2 Å². The second-order valence-electron chi connectivity index (χ2n) is 8.04. The van der Waals surface area contributed by atoms with Crippen molar-refractivity contribution in [3.05, 3.63) is 30.1 Å². The molecule has 2 amide bonds. The van der Waals surface area contributed by atoms with Crippen LogP contribution in [0.3, 0.4) is 0 Å². The predicted molar refractivity (Wildman–Crippen MR) is 111 cm³/mol. The van der Waals surface area contributed by atoms with Crippen molar-refractivity contribution in [3.63, 3.8) is 0 Å². The Kier molecular flexibility index (Phi) is 5.99. The molecule has 1 saturated carbocycles. The third kappa shape index (κ3) is 4.17. The number of amides is 2. The largest absolute Gasteiger partial charge is 0.390 e. The maximum absolute atomic E-state index is 13.2. The molecule has 0 aromatic heterocycles. The molecule has 1 aromatic carbocycles. The van der Waals surface area contributed by atoms with Crippen LogP contribution in [0.2, 0.25) is 0 Å². The van der Waals surface area contributed by atoms with E-state index in [1.807, 2.05) is 0 Å². The maximum atomic E-state index is 13.2. The highest BCUT2D eigenvalue weighted by atomic mass is 32.2. The molecule has 0 spiro atoms. The number of halogens is 1. The first-order valence-corrected chi connectivity index (χ1v) is 10.9. The van der Waals surface area contributed by atoms with Gasteiger partial charge in [0.2, 0.25) is 11.8 Å². The number of carbonyl (C=O) groups is 2. The van der Waals surface area contributed by atoms with Crippen molar-refractivity contribution in [3.8, 4) is 0 Å².